The van der Waals surface area contributed by atoms with Crippen LogP contribution in [0, 0.1) is 5.82 Å². The van der Waals surface area contributed by atoms with Gasteiger partial charge in [-0.05, 0) is 31.0 Å². The van der Waals surface area contributed by atoms with E-state index in [1.54, 1.807) is 12.1 Å². The van der Waals surface area contributed by atoms with Crippen LogP contribution in [-0.2, 0) is 16.1 Å². The van der Waals surface area contributed by atoms with Gasteiger partial charge in [0, 0.05) is 6.54 Å². The lowest BCUT2D eigenvalue weighted by Gasteiger charge is -2.11. The summed E-state index contributed by atoms with van der Waals surface area (Å²) in [5, 5.41) is 13.1. The Morgan fingerprint density at radius 1 is 1.38 bits per heavy atom. The molecule has 0 aromatic heterocycles. The van der Waals surface area contributed by atoms with E-state index in [1.807, 2.05) is 0 Å². The number of nitrogens with one attached hydrogen (secondary N) is 2. The lowest BCUT2D eigenvalue weighted by Crippen LogP contribution is -2.40. The first-order valence-corrected chi connectivity index (χ1v) is 7.25. The van der Waals surface area contributed by atoms with Crippen molar-refractivity contribution < 1.29 is 32.3 Å². The van der Waals surface area contributed by atoms with E-state index in [0.29, 0.717) is 5.56 Å². The molecule has 1 atom stereocenters. The van der Waals surface area contributed by atoms with Crippen molar-refractivity contribution in [2.24, 2.45) is 0 Å². The third-order valence-corrected chi connectivity index (χ3v) is 3.53. The molecule has 1 amide bonds. The van der Waals surface area contributed by atoms with Crippen LogP contribution in [0.25, 0.3) is 0 Å². The molecule has 2 rings (SSSR count). The number of hydrogen-bond donors (Lipinski definition) is 3. The second-order valence-corrected chi connectivity index (χ2v) is 5.26. The average Bonchev–Trinajstić information content (AvgIpc) is 3.02. The highest BCUT2D eigenvalue weighted by Crippen LogP contribution is 2.19. The van der Waals surface area contributed by atoms with E-state index in [1.165, 1.54) is 6.07 Å². The molecule has 10 heteroatoms. The standard InChI is InChI=1S/C12H14ClFN2O.C2HF3O2/c13-11-8(3-1-4-9(11)14)7-16-12(17)10-5-2-6-15-10;3-2(4,5)1(6)7/h1,3-4,10,15H,2,5-7H2,(H,16,17);(H,6,7). The number of alkyl halides is 3. The zero-order valence-corrected chi connectivity index (χ0v) is 13.0. The van der Waals surface area contributed by atoms with E-state index in [0.717, 1.165) is 19.4 Å². The van der Waals surface area contributed by atoms with Crippen molar-refractivity contribution in [2.45, 2.75) is 31.6 Å². The summed E-state index contributed by atoms with van der Waals surface area (Å²) in [6.45, 7) is 1.13. The summed E-state index contributed by atoms with van der Waals surface area (Å²) in [6, 6.07) is 4.46. The summed E-state index contributed by atoms with van der Waals surface area (Å²) < 4.78 is 44.9. The van der Waals surface area contributed by atoms with Crippen molar-refractivity contribution >= 4 is 23.5 Å². The number of amides is 1. The molecule has 3 N–H and O–H groups in total. The summed E-state index contributed by atoms with van der Waals surface area (Å²) >= 11 is 5.79. The predicted molar refractivity (Wildman–Crippen MR) is 78.0 cm³/mol. The van der Waals surface area contributed by atoms with Crippen LogP contribution in [0.1, 0.15) is 18.4 Å². The molecule has 1 aliphatic heterocycles. The lowest BCUT2D eigenvalue weighted by molar-refractivity contribution is -0.192. The SMILES string of the molecule is O=C(NCc1cccc(F)c1Cl)C1CCCN1.O=C(O)C(F)(F)F. The van der Waals surface area contributed by atoms with Crippen LogP contribution in [0.5, 0.6) is 0 Å². The minimum atomic E-state index is -5.08. The maximum Gasteiger partial charge on any atom is 0.490 e. The van der Waals surface area contributed by atoms with Crippen LogP contribution >= 0.6 is 11.6 Å². The van der Waals surface area contributed by atoms with Crippen LogP contribution in [0.15, 0.2) is 18.2 Å². The Morgan fingerprint density at radius 3 is 2.50 bits per heavy atom. The monoisotopic (exact) mass is 370 g/mol. The van der Waals surface area contributed by atoms with E-state index in [4.69, 9.17) is 21.5 Å². The highest BCUT2D eigenvalue weighted by atomic mass is 35.5. The Balaban J connectivity index is 0.000000351. The van der Waals surface area contributed by atoms with Gasteiger partial charge in [0.05, 0.1) is 11.1 Å². The first kappa shape index (κ1) is 20.2. The molecular weight excluding hydrogens is 356 g/mol. The number of carbonyl (C=O) groups excluding carboxylic acids is 1. The van der Waals surface area contributed by atoms with Gasteiger partial charge in [-0.1, -0.05) is 23.7 Å². The fourth-order valence-electron chi connectivity index (χ4n) is 1.90. The Kier molecular flexibility index (Phi) is 7.43. The molecule has 0 bridgehead atoms. The Morgan fingerprint density at radius 2 is 2.00 bits per heavy atom. The van der Waals surface area contributed by atoms with E-state index >= 15 is 0 Å². The van der Waals surface area contributed by atoms with E-state index in [2.05, 4.69) is 10.6 Å². The van der Waals surface area contributed by atoms with Gasteiger partial charge < -0.3 is 15.7 Å². The maximum atomic E-state index is 13.1. The fraction of sp³-hybridized carbons (Fsp3) is 0.429. The first-order chi connectivity index (χ1) is 11.1. The molecule has 1 saturated heterocycles. The quantitative estimate of drug-likeness (QED) is 0.714. The number of benzene rings is 1. The molecule has 0 radical (unpaired) electrons. The minimum Gasteiger partial charge on any atom is -0.475 e. The maximum absolute atomic E-state index is 13.1. The van der Waals surface area contributed by atoms with Crippen molar-refractivity contribution in [1.29, 1.82) is 0 Å². The highest BCUT2D eigenvalue weighted by Gasteiger charge is 2.38. The molecule has 5 nitrogen and oxygen atoms in total. The van der Waals surface area contributed by atoms with Crippen LogP contribution < -0.4 is 10.6 Å². The van der Waals surface area contributed by atoms with Crippen molar-refractivity contribution in [3.05, 3.63) is 34.6 Å². The number of halogens is 5. The van der Waals surface area contributed by atoms with E-state index in [-0.39, 0.29) is 23.5 Å². The summed E-state index contributed by atoms with van der Waals surface area (Å²) in [6.07, 6.45) is -3.22. The smallest absolute Gasteiger partial charge is 0.475 e. The largest absolute Gasteiger partial charge is 0.490 e. The number of carboxylic acid groups (broad SMARTS) is 1. The number of aliphatic carboxylic acids is 1. The topological polar surface area (TPSA) is 78.4 Å². The molecule has 1 aromatic rings. The summed E-state index contributed by atoms with van der Waals surface area (Å²) in [7, 11) is 0. The first-order valence-electron chi connectivity index (χ1n) is 6.87. The van der Waals surface area contributed by atoms with Crippen molar-refractivity contribution in [3.63, 3.8) is 0 Å². The zero-order chi connectivity index (χ0) is 18.3. The van der Waals surface area contributed by atoms with Crippen LogP contribution in [-0.4, -0.2) is 35.7 Å². The molecule has 1 heterocycles. The molecule has 0 spiro atoms. The number of carboxylic acids is 1. The van der Waals surface area contributed by atoms with E-state index in [9.17, 15) is 22.4 Å². The molecular formula is C14H15ClF4N2O3. The van der Waals surface area contributed by atoms with Crippen molar-refractivity contribution in [3.8, 4) is 0 Å². The molecule has 134 valence electrons. The predicted octanol–water partition coefficient (Wildman–Crippen LogP) is 2.48. The third-order valence-electron chi connectivity index (χ3n) is 3.10. The van der Waals surface area contributed by atoms with E-state index < -0.39 is 18.0 Å². The molecule has 1 aromatic carbocycles. The van der Waals surface area contributed by atoms with Crippen LogP contribution in [0.4, 0.5) is 17.6 Å². The van der Waals surface area contributed by atoms with Crippen LogP contribution in [0.3, 0.4) is 0 Å². The lowest BCUT2D eigenvalue weighted by atomic mass is 10.2. The second-order valence-electron chi connectivity index (χ2n) is 4.88. The number of rotatable bonds is 3. The molecule has 1 fully saturated rings. The van der Waals surface area contributed by atoms with Gasteiger partial charge in [0.2, 0.25) is 5.91 Å². The molecule has 1 unspecified atom stereocenters. The molecule has 0 aliphatic carbocycles. The second kappa shape index (κ2) is 8.84. The summed E-state index contributed by atoms with van der Waals surface area (Å²) in [5.41, 5.74) is 0.595. The normalized spacial score (nSPS) is 17.0. The zero-order valence-electron chi connectivity index (χ0n) is 12.3. The van der Waals surface area contributed by atoms with Gasteiger partial charge >= 0.3 is 12.1 Å². The Bertz CT molecular complexity index is 590. The van der Waals surface area contributed by atoms with Crippen molar-refractivity contribution in [2.75, 3.05) is 6.54 Å². The van der Waals surface area contributed by atoms with Gasteiger partial charge in [0.1, 0.15) is 5.82 Å². The summed E-state index contributed by atoms with van der Waals surface area (Å²) in [5.74, 6) is -3.27. The fourth-order valence-corrected chi connectivity index (χ4v) is 2.09. The Labute approximate surface area is 140 Å². The van der Waals surface area contributed by atoms with Gasteiger partial charge in [-0.3, -0.25) is 4.79 Å². The highest BCUT2D eigenvalue weighted by molar-refractivity contribution is 6.31. The molecule has 24 heavy (non-hydrogen) atoms. The van der Waals surface area contributed by atoms with Gasteiger partial charge in [0.15, 0.2) is 0 Å². The van der Waals surface area contributed by atoms with Crippen molar-refractivity contribution in [1.82, 2.24) is 10.6 Å². The number of hydrogen-bond acceptors (Lipinski definition) is 3. The third kappa shape index (κ3) is 6.32. The molecule has 0 saturated carbocycles. The minimum absolute atomic E-state index is 0.0529. The van der Waals surface area contributed by atoms with Gasteiger partial charge in [-0.25, -0.2) is 9.18 Å². The van der Waals surface area contributed by atoms with Crippen LogP contribution in [0.2, 0.25) is 5.02 Å². The average molecular weight is 371 g/mol. The van der Waals surface area contributed by atoms with Gasteiger partial charge in [-0.2, -0.15) is 13.2 Å². The van der Waals surface area contributed by atoms with Gasteiger partial charge in [-0.15, -0.1) is 0 Å². The van der Waals surface area contributed by atoms with Gasteiger partial charge in [0.25, 0.3) is 0 Å². The summed E-state index contributed by atoms with van der Waals surface area (Å²) in [4.78, 5) is 20.6. The Hall–Kier alpha value is -1.87. The molecule has 1 aliphatic rings. The number of carbonyl (C=O) groups is 2.